The molecular weight excluding hydrogens is 455 g/mol. The standard InChI is InChI=1S/C31H27FO4/c1-21(2)30(33)35-20-26-7-5-6-24(18-26)10-14-27-15-11-25(19-29(27)32)9-8-23-12-16-28(17-13-23)36-31(34)22(3)4/h5-19H,1,3,20H2,2,4H3. The van der Waals surface area contributed by atoms with Crippen LogP contribution in [-0.2, 0) is 20.9 Å². The first-order chi connectivity index (χ1) is 17.2. The monoisotopic (exact) mass is 482 g/mol. The van der Waals surface area contributed by atoms with E-state index in [9.17, 15) is 14.0 Å². The van der Waals surface area contributed by atoms with Gasteiger partial charge in [0.25, 0.3) is 0 Å². The summed E-state index contributed by atoms with van der Waals surface area (Å²) in [4.78, 5) is 23.2. The molecule has 3 aromatic carbocycles. The molecule has 0 aromatic heterocycles. The van der Waals surface area contributed by atoms with Crippen LogP contribution in [0.3, 0.4) is 0 Å². The molecule has 0 aliphatic heterocycles. The fourth-order valence-electron chi connectivity index (χ4n) is 3.06. The van der Waals surface area contributed by atoms with Gasteiger partial charge in [-0.2, -0.15) is 0 Å². The number of ether oxygens (including phenoxy) is 2. The van der Waals surface area contributed by atoms with Crippen molar-refractivity contribution < 1.29 is 23.5 Å². The van der Waals surface area contributed by atoms with Crippen LogP contribution in [0.25, 0.3) is 24.3 Å². The van der Waals surface area contributed by atoms with Crippen LogP contribution in [0.15, 0.2) is 91.0 Å². The second kappa shape index (κ2) is 12.3. The van der Waals surface area contributed by atoms with E-state index in [2.05, 4.69) is 13.2 Å². The highest BCUT2D eigenvalue weighted by Crippen LogP contribution is 2.19. The number of carbonyl (C=O) groups excluding carboxylic acids is 2. The minimum atomic E-state index is -0.472. The Morgan fingerprint density at radius 1 is 0.778 bits per heavy atom. The van der Waals surface area contributed by atoms with Crippen molar-refractivity contribution in [2.24, 2.45) is 0 Å². The Morgan fingerprint density at radius 3 is 2.06 bits per heavy atom. The van der Waals surface area contributed by atoms with Crippen molar-refractivity contribution in [3.63, 3.8) is 0 Å². The molecule has 4 nitrogen and oxygen atoms in total. The third-order valence-electron chi connectivity index (χ3n) is 5.06. The van der Waals surface area contributed by atoms with Gasteiger partial charge in [-0.1, -0.05) is 79.9 Å². The van der Waals surface area contributed by atoms with Crippen LogP contribution < -0.4 is 4.74 Å². The molecule has 0 spiro atoms. The third kappa shape index (κ3) is 7.77. The lowest BCUT2D eigenvalue weighted by atomic mass is 10.1. The normalized spacial score (nSPS) is 11.0. The van der Waals surface area contributed by atoms with Gasteiger partial charge in [0.05, 0.1) is 0 Å². The summed E-state index contributed by atoms with van der Waals surface area (Å²) in [6.45, 7) is 10.4. The van der Waals surface area contributed by atoms with Crippen molar-refractivity contribution in [1.29, 1.82) is 0 Å². The number of esters is 2. The van der Waals surface area contributed by atoms with Crippen LogP contribution in [0.5, 0.6) is 5.75 Å². The molecule has 3 aromatic rings. The largest absolute Gasteiger partial charge is 0.457 e. The number of hydrogen-bond acceptors (Lipinski definition) is 4. The molecule has 0 unspecified atom stereocenters. The smallest absolute Gasteiger partial charge is 0.338 e. The van der Waals surface area contributed by atoms with Gasteiger partial charge >= 0.3 is 11.9 Å². The fraction of sp³-hybridized carbons (Fsp3) is 0.0968. The molecule has 0 heterocycles. The molecule has 0 amide bonds. The average molecular weight is 483 g/mol. The number of rotatable bonds is 9. The maximum absolute atomic E-state index is 14.7. The van der Waals surface area contributed by atoms with Gasteiger partial charge < -0.3 is 9.47 Å². The van der Waals surface area contributed by atoms with E-state index >= 15 is 0 Å². The first-order valence-electron chi connectivity index (χ1n) is 11.3. The summed E-state index contributed by atoms with van der Waals surface area (Å²) in [5.74, 6) is -0.823. The molecule has 36 heavy (non-hydrogen) atoms. The molecule has 5 heteroatoms. The molecule has 3 rings (SSSR count). The molecule has 0 N–H and O–H groups in total. The van der Waals surface area contributed by atoms with E-state index in [4.69, 9.17) is 9.47 Å². The van der Waals surface area contributed by atoms with Crippen LogP contribution in [-0.4, -0.2) is 11.9 Å². The molecule has 0 aliphatic rings. The summed E-state index contributed by atoms with van der Waals surface area (Å²) in [7, 11) is 0. The summed E-state index contributed by atoms with van der Waals surface area (Å²) >= 11 is 0. The first kappa shape index (κ1) is 26.1. The van der Waals surface area contributed by atoms with Crippen molar-refractivity contribution in [3.05, 3.63) is 125 Å². The average Bonchev–Trinajstić information content (AvgIpc) is 2.86. The highest BCUT2D eigenvalue weighted by molar-refractivity contribution is 5.89. The lowest BCUT2D eigenvalue weighted by molar-refractivity contribution is -0.140. The summed E-state index contributed by atoms with van der Waals surface area (Å²) in [5, 5.41) is 0. The van der Waals surface area contributed by atoms with Crippen LogP contribution in [0, 0.1) is 5.82 Å². The second-order valence-electron chi connectivity index (χ2n) is 8.29. The predicted octanol–water partition coefficient (Wildman–Crippen LogP) is 7.27. The molecule has 0 saturated carbocycles. The molecule has 0 saturated heterocycles. The van der Waals surface area contributed by atoms with E-state index in [0.29, 0.717) is 28.0 Å². The van der Waals surface area contributed by atoms with Crippen molar-refractivity contribution in [3.8, 4) is 5.75 Å². The molecule has 0 bridgehead atoms. The van der Waals surface area contributed by atoms with Gasteiger partial charge in [-0.3, -0.25) is 0 Å². The summed E-state index contributed by atoms with van der Waals surface area (Å²) in [5.41, 5.74) is 4.41. The van der Waals surface area contributed by atoms with Crippen molar-refractivity contribution in [2.75, 3.05) is 0 Å². The van der Waals surface area contributed by atoms with E-state index in [1.165, 1.54) is 6.07 Å². The van der Waals surface area contributed by atoms with Crippen molar-refractivity contribution >= 4 is 36.2 Å². The maximum atomic E-state index is 14.7. The van der Waals surface area contributed by atoms with Gasteiger partial charge in [-0.25, -0.2) is 14.0 Å². The quantitative estimate of drug-likeness (QED) is 0.139. The zero-order chi connectivity index (χ0) is 26.1. The Balaban J connectivity index is 1.63. The van der Waals surface area contributed by atoms with Crippen LogP contribution in [0.1, 0.15) is 41.7 Å². The zero-order valence-corrected chi connectivity index (χ0v) is 20.3. The van der Waals surface area contributed by atoms with Crippen LogP contribution in [0.4, 0.5) is 4.39 Å². The van der Waals surface area contributed by atoms with Crippen molar-refractivity contribution in [2.45, 2.75) is 20.5 Å². The highest BCUT2D eigenvalue weighted by atomic mass is 19.1. The lowest BCUT2D eigenvalue weighted by Gasteiger charge is -2.05. The number of benzene rings is 3. The van der Waals surface area contributed by atoms with Crippen LogP contribution >= 0.6 is 0 Å². The van der Waals surface area contributed by atoms with E-state index in [0.717, 1.165) is 16.7 Å². The van der Waals surface area contributed by atoms with Crippen molar-refractivity contribution in [1.82, 2.24) is 0 Å². The van der Waals surface area contributed by atoms with Gasteiger partial charge in [0.15, 0.2) is 0 Å². The lowest BCUT2D eigenvalue weighted by Crippen LogP contribution is -2.07. The summed E-state index contributed by atoms with van der Waals surface area (Å²) in [6, 6.07) is 19.5. The topological polar surface area (TPSA) is 52.6 Å². The van der Waals surface area contributed by atoms with E-state index in [1.54, 1.807) is 62.4 Å². The Kier molecular flexibility index (Phi) is 8.89. The SMILES string of the molecule is C=C(C)C(=O)OCc1cccc(C=Cc2ccc(C=Cc3ccc(OC(=O)C(=C)C)cc3)cc2F)c1. The molecule has 0 fully saturated rings. The van der Waals surface area contributed by atoms with Gasteiger partial charge in [-0.05, 0) is 60.4 Å². The zero-order valence-electron chi connectivity index (χ0n) is 20.3. The predicted molar refractivity (Wildman–Crippen MR) is 142 cm³/mol. The Bertz CT molecular complexity index is 1350. The van der Waals surface area contributed by atoms with Gasteiger partial charge in [-0.15, -0.1) is 0 Å². The summed E-state index contributed by atoms with van der Waals surface area (Å²) < 4.78 is 25.0. The minimum absolute atomic E-state index is 0.144. The second-order valence-corrected chi connectivity index (χ2v) is 8.29. The molecule has 0 radical (unpaired) electrons. The highest BCUT2D eigenvalue weighted by Gasteiger charge is 2.05. The number of carbonyl (C=O) groups is 2. The van der Waals surface area contributed by atoms with Crippen LogP contribution in [0.2, 0.25) is 0 Å². The molecule has 182 valence electrons. The number of hydrogen-bond donors (Lipinski definition) is 0. The van der Waals surface area contributed by atoms with E-state index in [1.807, 2.05) is 36.4 Å². The molecular formula is C31H27FO4. The minimum Gasteiger partial charge on any atom is -0.457 e. The summed E-state index contributed by atoms with van der Waals surface area (Å²) in [6.07, 6.45) is 7.16. The maximum Gasteiger partial charge on any atom is 0.338 e. The Labute approximate surface area is 210 Å². The first-order valence-corrected chi connectivity index (χ1v) is 11.3. The van der Waals surface area contributed by atoms with Gasteiger partial charge in [0, 0.05) is 16.7 Å². The van der Waals surface area contributed by atoms with E-state index in [-0.39, 0.29) is 12.4 Å². The molecule has 0 aliphatic carbocycles. The Morgan fingerprint density at radius 2 is 1.39 bits per heavy atom. The third-order valence-corrected chi connectivity index (χ3v) is 5.06. The van der Waals surface area contributed by atoms with Gasteiger partial charge in [0.1, 0.15) is 18.2 Å². The molecule has 0 atom stereocenters. The van der Waals surface area contributed by atoms with E-state index < -0.39 is 11.9 Å². The fourth-order valence-corrected chi connectivity index (χ4v) is 3.06. The number of halogens is 1. The Hall–Kier alpha value is -4.51. The van der Waals surface area contributed by atoms with Gasteiger partial charge in [0.2, 0.25) is 0 Å².